The van der Waals surface area contributed by atoms with Crippen molar-refractivity contribution >= 4 is 5.57 Å². The summed E-state index contributed by atoms with van der Waals surface area (Å²) in [4.78, 5) is 0. The van der Waals surface area contributed by atoms with Crippen molar-refractivity contribution in [2.45, 2.75) is 18.1 Å². The smallest absolute Gasteiger partial charge is 0.139 e. The van der Waals surface area contributed by atoms with E-state index >= 15 is 0 Å². The summed E-state index contributed by atoms with van der Waals surface area (Å²) in [6.07, 6.45) is 7.57. The highest BCUT2D eigenvalue weighted by atomic mass is 16.6. The van der Waals surface area contributed by atoms with E-state index < -0.39 is 0 Å². The van der Waals surface area contributed by atoms with E-state index in [2.05, 4.69) is 43.0 Å². The van der Waals surface area contributed by atoms with Gasteiger partial charge in [-0.1, -0.05) is 49.1 Å². The second kappa shape index (κ2) is 2.55. The Kier molecular flexibility index (Phi) is 1.36. The molecular formula is C15H12O. The molecule has 0 spiro atoms. The van der Waals surface area contributed by atoms with Crippen molar-refractivity contribution in [3.63, 3.8) is 0 Å². The Morgan fingerprint density at radius 3 is 3.12 bits per heavy atom. The number of benzene rings is 1. The lowest BCUT2D eigenvalue weighted by molar-refractivity contribution is 0.366. The highest BCUT2D eigenvalue weighted by molar-refractivity contribution is 5.87. The van der Waals surface area contributed by atoms with E-state index in [1.165, 1.54) is 22.3 Å². The minimum atomic E-state index is -0.177. The first kappa shape index (κ1) is 8.54. The molecule has 0 aromatic heterocycles. The van der Waals surface area contributed by atoms with Crippen LogP contribution < -0.4 is 0 Å². The summed E-state index contributed by atoms with van der Waals surface area (Å²) in [5, 5.41) is 0. The fourth-order valence-corrected chi connectivity index (χ4v) is 3.00. The fourth-order valence-electron chi connectivity index (χ4n) is 3.00. The molecule has 1 heteroatoms. The molecule has 16 heavy (non-hydrogen) atoms. The highest BCUT2D eigenvalue weighted by Crippen LogP contribution is 2.54. The molecule has 1 aromatic carbocycles. The van der Waals surface area contributed by atoms with Crippen LogP contribution in [0.3, 0.4) is 0 Å². The van der Waals surface area contributed by atoms with Crippen LogP contribution in [0.25, 0.3) is 5.57 Å². The SMILES string of the molecule is C=CC12OC1C=CC1=C2Cc2ccccc21. The molecule has 1 fully saturated rings. The standard InChI is InChI=1S/C15H12O/c1-2-15-13-9-10-5-3-4-6-11(10)12(13)7-8-14(15)16-15/h2-8,14H,1,9H2. The number of hydrogen-bond donors (Lipinski definition) is 0. The van der Waals surface area contributed by atoms with E-state index in [0.29, 0.717) is 0 Å². The monoisotopic (exact) mass is 208 g/mol. The number of allylic oxidation sites excluding steroid dienone is 2. The van der Waals surface area contributed by atoms with Gasteiger partial charge in [-0.2, -0.15) is 0 Å². The summed E-state index contributed by atoms with van der Waals surface area (Å²) < 4.78 is 5.80. The maximum Gasteiger partial charge on any atom is 0.139 e. The van der Waals surface area contributed by atoms with E-state index in [9.17, 15) is 0 Å². The molecule has 0 radical (unpaired) electrons. The Labute approximate surface area is 94.7 Å². The lowest BCUT2D eigenvalue weighted by Crippen LogP contribution is -2.17. The average Bonchev–Trinajstić information content (AvgIpc) is 2.96. The van der Waals surface area contributed by atoms with Crippen LogP contribution in [0, 0.1) is 0 Å². The van der Waals surface area contributed by atoms with Crippen LogP contribution in [-0.2, 0) is 11.2 Å². The minimum absolute atomic E-state index is 0.177. The van der Waals surface area contributed by atoms with Crippen LogP contribution in [0.5, 0.6) is 0 Å². The van der Waals surface area contributed by atoms with Gasteiger partial charge in [0, 0.05) is 0 Å². The van der Waals surface area contributed by atoms with Crippen molar-refractivity contribution in [2.75, 3.05) is 0 Å². The summed E-state index contributed by atoms with van der Waals surface area (Å²) in [5.74, 6) is 0. The molecule has 1 saturated heterocycles. The Bertz CT molecular complexity index is 565. The lowest BCUT2D eigenvalue weighted by Gasteiger charge is -2.13. The molecule has 0 bridgehead atoms. The van der Waals surface area contributed by atoms with Crippen LogP contribution in [0.1, 0.15) is 11.1 Å². The second-order valence-electron chi connectivity index (χ2n) is 4.62. The number of fused-ring (bicyclic) bond motifs is 4. The minimum Gasteiger partial charge on any atom is -0.352 e. The van der Waals surface area contributed by atoms with Gasteiger partial charge in [-0.3, -0.25) is 0 Å². The molecule has 1 heterocycles. The van der Waals surface area contributed by atoms with Crippen molar-refractivity contribution in [3.8, 4) is 0 Å². The van der Waals surface area contributed by atoms with Crippen LogP contribution in [0.2, 0.25) is 0 Å². The predicted octanol–water partition coefficient (Wildman–Crippen LogP) is 2.89. The highest BCUT2D eigenvalue weighted by Gasteiger charge is 2.58. The van der Waals surface area contributed by atoms with Crippen LogP contribution >= 0.6 is 0 Å². The molecule has 2 aliphatic carbocycles. The number of epoxide rings is 1. The fraction of sp³-hybridized carbons (Fsp3) is 0.200. The number of ether oxygens (including phenoxy) is 1. The number of hydrogen-bond acceptors (Lipinski definition) is 1. The van der Waals surface area contributed by atoms with Crippen molar-refractivity contribution in [3.05, 3.63) is 65.8 Å². The summed E-state index contributed by atoms with van der Waals surface area (Å²) in [6, 6.07) is 8.60. The van der Waals surface area contributed by atoms with E-state index in [1.807, 2.05) is 6.08 Å². The second-order valence-corrected chi connectivity index (χ2v) is 4.62. The summed E-state index contributed by atoms with van der Waals surface area (Å²) >= 11 is 0. The quantitative estimate of drug-likeness (QED) is 0.510. The molecule has 4 rings (SSSR count). The van der Waals surface area contributed by atoms with Gasteiger partial charge in [0.15, 0.2) is 0 Å². The molecular weight excluding hydrogens is 196 g/mol. The largest absolute Gasteiger partial charge is 0.352 e. The molecule has 0 amide bonds. The van der Waals surface area contributed by atoms with Gasteiger partial charge in [0.05, 0.1) is 0 Å². The average molecular weight is 208 g/mol. The molecule has 78 valence electrons. The van der Waals surface area contributed by atoms with Gasteiger partial charge in [0.25, 0.3) is 0 Å². The third kappa shape index (κ3) is 0.817. The Hall–Kier alpha value is -1.60. The van der Waals surface area contributed by atoms with Crippen molar-refractivity contribution in [2.24, 2.45) is 0 Å². The molecule has 0 saturated carbocycles. The van der Waals surface area contributed by atoms with Gasteiger partial charge in [0.2, 0.25) is 0 Å². The molecule has 0 N–H and O–H groups in total. The first-order valence-corrected chi connectivity index (χ1v) is 5.67. The molecule has 3 aliphatic rings. The maximum atomic E-state index is 5.80. The van der Waals surface area contributed by atoms with E-state index in [1.54, 1.807) is 0 Å². The van der Waals surface area contributed by atoms with E-state index in [0.717, 1.165) is 6.42 Å². The summed E-state index contributed by atoms with van der Waals surface area (Å²) in [6.45, 7) is 3.93. The molecule has 2 unspecified atom stereocenters. The Morgan fingerprint density at radius 2 is 2.25 bits per heavy atom. The Balaban J connectivity index is 1.94. The first-order chi connectivity index (χ1) is 7.85. The third-order valence-electron chi connectivity index (χ3n) is 3.90. The van der Waals surface area contributed by atoms with Crippen molar-refractivity contribution in [1.82, 2.24) is 0 Å². The predicted molar refractivity (Wildman–Crippen MR) is 64.0 cm³/mol. The first-order valence-electron chi connectivity index (χ1n) is 5.67. The van der Waals surface area contributed by atoms with Gasteiger partial charge in [-0.15, -0.1) is 0 Å². The summed E-state index contributed by atoms with van der Waals surface area (Å²) in [7, 11) is 0. The Morgan fingerprint density at radius 1 is 1.38 bits per heavy atom. The van der Waals surface area contributed by atoms with E-state index in [-0.39, 0.29) is 11.7 Å². The lowest BCUT2D eigenvalue weighted by atomic mass is 9.87. The van der Waals surface area contributed by atoms with Crippen molar-refractivity contribution < 1.29 is 4.74 Å². The third-order valence-corrected chi connectivity index (χ3v) is 3.90. The van der Waals surface area contributed by atoms with Crippen molar-refractivity contribution in [1.29, 1.82) is 0 Å². The molecule has 1 aliphatic heterocycles. The van der Waals surface area contributed by atoms with Gasteiger partial charge >= 0.3 is 0 Å². The number of rotatable bonds is 1. The molecule has 2 atom stereocenters. The van der Waals surface area contributed by atoms with Gasteiger partial charge in [-0.05, 0) is 28.7 Å². The van der Waals surface area contributed by atoms with Crippen LogP contribution in [0.15, 0.2) is 54.6 Å². The topological polar surface area (TPSA) is 12.5 Å². The van der Waals surface area contributed by atoms with Crippen LogP contribution in [0.4, 0.5) is 0 Å². The summed E-state index contributed by atoms with van der Waals surface area (Å²) in [5.41, 5.74) is 5.35. The van der Waals surface area contributed by atoms with E-state index in [4.69, 9.17) is 4.74 Å². The zero-order chi connectivity index (χ0) is 10.8. The van der Waals surface area contributed by atoms with Gasteiger partial charge in [-0.25, -0.2) is 0 Å². The zero-order valence-corrected chi connectivity index (χ0v) is 8.94. The van der Waals surface area contributed by atoms with Gasteiger partial charge in [0.1, 0.15) is 11.7 Å². The maximum absolute atomic E-state index is 5.80. The molecule has 1 nitrogen and oxygen atoms in total. The van der Waals surface area contributed by atoms with Crippen LogP contribution in [-0.4, -0.2) is 11.7 Å². The van der Waals surface area contributed by atoms with Gasteiger partial charge < -0.3 is 4.74 Å². The molecule has 1 aromatic rings. The normalized spacial score (nSPS) is 33.1. The zero-order valence-electron chi connectivity index (χ0n) is 8.94.